The summed E-state index contributed by atoms with van der Waals surface area (Å²) in [6.45, 7) is 6.34. The highest BCUT2D eigenvalue weighted by molar-refractivity contribution is 7.92. The van der Waals surface area contributed by atoms with Crippen LogP contribution >= 0.6 is 0 Å². The third-order valence-corrected chi connectivity index (χ3v) is 9.31. The Kier molecular flexibility index (Phi) is 9.92. The summed E-state index contributed by atoms with van der Waals surface area (Å²) >= 11 is 0. The topological polar surface area (TPSA) is 91.0 Å². The molecule has 0 atom stereocenters. The van der Waals surface area contributed by atoms with Gasteiger partial charge in [-0.15, -0.1) is 0 Å². The number of carbonyl (C=O) groups excluding carboxylic acids is 1. The Bertz CT molecular complexity index is 1370. The number of nitrogens with one attached hydrogen (secondary N) is 2. The van der Waals surface area contributed by atoms with Gasteiger partial charge in [-0.3, -0.25) is 9.52 Å². The van der Waals surface area contributed by atoms with E-state index in [9.17, 15) is 13.2 Å². The second-order valence-corrected chi connectivity index (χ2v) is 12.5. The maximum absolute atomic E-state index is 13.1. The van der Waals surface area contributed by atoms with Crippen LogP contribution in [0.1, 0.15) is 48.9 Å². The Labute approximate surface area is 243 Å². The normalized spacial score (nSPS) is 17.2. The molecule has 3 aromatic carbocycles. The van der Waals surface area contributed by atoms with Crippen molar-refractivity contribution in [1.29, 1.82) is 0 Å². The van der Waals surface area contributed by atoms with E-state index in [-0.39, 0.29) is 10.8 Å². The molecule has 9 heteroatoms. The SMILES string of the molecule is O=C(NCCCN1CCC(N2CCCCC2)CC1)c1ccc(S(=O)(=O)Nc2ccccc2Oc2ccccc2)cc1. The maximum atomic E-state index is 13.1. The van der Waals surface area contributed by atoms with Gasteiger partial charge in [0.15, 0.2) is 5.75 Å². The number of hydrogen-bond acceptors (Lipinski definition) is 6. The zero-order chi connectivity index (χ0) is 28.5. The first kappa shape index (κ1) is 29.1. The van der Waals surface area contributed by atoms with E-state index < -0.39 is 10.0 Å². The van der Waals surface area contributed by atoms with Gasteiger partial charge in [0, 0.05) is 18.2 Å². The van der Waals surface area contributed by atoms with Crippen molar-refractivity contribution in [3.8, 4) is 11.5 Å². The minimum absolute atomic E-state index is 0.0662. The molecule has 0 bridgehead atoms. The predicted octanol–water partition coefficient (Wildman–Crippen LogP) is 5.35. The van der Waals surface area contributed by atoms with Gasteiger partial charge in [0.2, 0.25) is 0 Å². The molecule has 8 nitrogen and oxygen atoms in total. The minimum Gasteiger partial charge on any atom is -0.455 e. The number of likely N-dealkylation sites (tertiary alicyclic amines) is 2. The van der Waals surface area contributed by atoms with Gasteiger partial charge < -0.3 is 19.9 Å². The number of piperidine rings is 2. The molecule has 3 aromatic rings. The summed E-state index contributed by atoms with van der Waals surface area (Å²) in [6.07, 6.45) is 7.43. The highest BCUT2D eigenvalue weighted by atomic mass is 32.2. The number of ether oxygens (including phenoxy) is 1. The molecule has 5 rings (SSSR count). The van der Waals surface area contributed by atoms with E-state index in [1.807, 2.05) is 18.2 Å². The molecule has 0 saturated carbocycles. The third kappa shape index (κ3) is 8.09. The van der Waals surface area contributed by atoms with Crippen LogP contribution in [0.15, 0.2) is 83.8 Å². The lowest BCUT2D eigenvalue weighted by Gasteiger charge is -2.40. The highest BCUT2D eigenvalue weighted by Gasteiger charge is 2.25. The van der Waals surface area contributed by atoms with E-state index in [0.29, 0.717) is 29.3 Å². The van der Waals surface area contributed by atoms with Gasteiger partial charge in [-0.2, -0.15) is 0 Å². The lowest BCUT2D eigenvalue weighted by atomic mass is 10.00. The first-order valence-corrected chi connectivity index (χ1v) is 16.2. The first-order valence-electron chi connectivity index (χ1n) is 14.7. The second-order valence-electron chi connectivity index (χ2n) is 10.8. The Morgan fingerprint density at radius 3 is 2.24 bits per heavy atom. The number of hydrogen-bond donors (Lipinski definition) is 2. The van der Waals surface area contributed by atoms with Crippen LogP contribution in [0, 0.1) is 0 Å². The van der Waals surface area contributed by atoms with Crippen LogP contribution in [0.5, 0.6) is 11.5 Å². The highest BCUT2D eigenvalue weighted by Crippen LogP contribution is 2.31. The molecule has 0 spiro atoms. The van der Waals surface area contributed by atoms with E-state index in [4.69, 9.17) is 4.74 Å². The van der Waals surface area contributed by atoms with Crippen LogP contribution in [-0.4, -0.2) is 69.4 Å². The van der Waals surface area contributed by atoms with Gasteiger partial charge in [-0.25, -0.2) is 8.42 Å². The Hall–Kier alpha value is -3.40. The number of para-hydroxylation sites is 3. The molecule has 2 aliphatic heterocycles. The average molecular weight is 577 g/mol. The molecule has 1 amide bonds. The monoisotopic (exact) mass is 576 g/mol. The van der Waals surface area contributed by atoms with E-state index in [1.165, 1.54) is 57.3 Å². The number of benzene rings is 3. The minimum atomic E-state index is -3.89. The molecule has 218 valence electrons. The molecular weight excluding hydrogens is 536 g/mol. The summed E-state index contributed by atoms with van der Waals surface area (Å²) in [5.41, 5.74) is 0.757. The zero-order valence-corrected chi connectivity index (χ0v) is 24.3. The number of anilines is 1. The largest absolute Gasteiger partial charge is 0.455 e. The molecule has 0 aromatic heterocycles. The molecule has 0 unspecified atom stereocenters. The van der Waals surface area contributed by atoms with Crippen LogP contribution in [0.3, 0.4) is 0 Å². The second kappa shape index (κ2) is 14.0. The van der Waals surface area contributed by atoms with Gasteiger partial charge in [-0.05, 0) is 113 Å². The molecule has 2 N–H and O–H groups in total. The molecule has 2 aliphatic rings. The number of sulfonamides is 1. The number of rotatable bonds is 11. The van der Waals surface area contributed by atoms with Gasteiger partial charge in [-0.1, -0.05) is 36.8 Å². The van der Waals surface area contributed by atoms with Gasteiger partial charge in [0.25, 0.3) is 15.9 Å². The van der Waals surface area contributed by atoms with Crippen LogP contribution in [0.2, 0.25) is 0 Å². The van der Waals surface area contributed by atoms with Crippen molar-refractivity contribution in [3.63, 3.8) is 0 Å². The maximum Gasteiger partial charge on any atom is 0.262 e. The first-order chi connectivity index (χ1) is 20.0. The molecule has 2 heterocycles. The summed E-state index contributed by atoms with van der Waals surface area (Å²) in [7, 11) is -3.89. The van der Waals surface area contributed by atoms with Crippen LogP contribution in [0.25, 0.3) is 0 Å². The van der Waals surface area contributed by atoms with Crippen LogP contribution in [-0.2, 0) is 10.0 Å². The van der Waals surface area contributed by atoms with E-state index in [2.05, 4.69) is 19.8 Å². The molecular formula is C32H40N4O4S. The summed E-state index contributed by atoms with van der Waals surface area (Å²) in [5.74, 6) is 0.795. The molecule has 2 fully saturated rings. The fourth-order valence-corrected chi connectivity index (χ4v) is 6.71. The van der Waals surface area contributed by atoms with Crippen molar-refractivity contribution in [3.05, 3.63) is 84.4 Å². The summed E-state index contributed by atoms with van der Waals surface area (Å²) in [6, 6.07) is 22.8. The van der Waals surface area contributed by atoms with E-state index >= 15 is 0 Å². The Balaban J connectivity index is 1.07. The molecule has 0 radical (unpaired) electrons. The lowest BCUT2D eigenvalue weighted by molar-refractivity contribution is 0.0902. The van der Waals surface area contributed by atoms with Crippen molar-refractivity contribution in [2.45, 2.75) is 49.5 Å². The van der Waals surface area contributed by atoms with Crippen LogP contribution < -0.4 is 14.8 Å². The number of nitrogens with zero attached hydrogens (tertiary/aromatic N) is 2. The zero-order valence-electron chi connectivity index (χ0n) is 23.5. The molecule has 2 saturated heterocycles. The van der Waals surface area contributed by atoms with Gasteiger partial charge in [0.1, 0.15) is 5.75 Å². The van der Waals surface area contributed by atoms with Crippen molar-refractivity contribution in [1.82, 2.24) is 15.1 Å². The standard InChI is InChI=1S/C32H40N4O4S/c37-32(33-20-9-21-35-24-18-27(19-25-35)36-22-7-2-8-23-36)26-14-16-29(17-15-26)41(38,39)34-30-12-5-6-13-31(30)40-28-10-3-1-4-11-28/h1,3-6,10-17,27,34H,2,7-9,18-25H2,(H,33,37). The third-order valence-electron chi connectivity index (χ3n) is 7.93. The Morgan fingerprint density at radius 1 is 0.829 bits per heavy atom. The lowest BCUT2D eigenvalue weighted by Crippen LogP contribution is -2.47. The van der Waals surface area contributed by atoms with Crippen molar-refractivity contribution >= 4 is 21.6 Å². The molecule has 0 aliphatic carbocycles. The van der Waals surface area contributed by atoms with E-state index in [1.54, 1.807) is 48.5 Å². The summed E-state index contributed by atoms with van der Waals surface area (Å²) in [4.78, 5) is 17.9. The van der Waals surface area contributed by atoms with Crippen LogP contribution in [0.4, 0.5) is 5.69 Å². The number of amides is 1. The summed E-state index contributed by atoms with van der Waals surface area (Å²) < 4.78 is 34.6. The van der Waals surface area contributed by atoms with Crippen molar-refractivity contribution in [2.24, 2.45) is 0 Å². The predicted molar refractivity (Wildman–Crippen MR) is 162 cm³/mol. The van der Waals surface area contributed by atoms with E-state index in [0.717, 1.165) is 32.1 Å². The Morgan fingerprint density at radius 2 is 1.51 bits per heavy atom. The average Bonchev–Trinajstić information content (AvgIpc) is 3.01. The fraction of sp³-hybridized carbons (Fsp3) is 0.406. The quantitative estimate of drug-likeness (QED) is 0.299. The van der Waals surface area contributed by atoms with Crippen molar-refractivity contribution < 1.29 is 17.9 Å². The van der Waals surface area contributed by atoms with Gasteiger partial charge >= 0.3 is 0 Å². The van der Waals surface area contributed by atoms with Gasteiger partial charge in [0.05, 0.1) is 10.6 Å². The summed E-state index contributed by atoms with van der Waals surface area (Å²) in [5, 5.41) is 2.97. The number of carbonyl (C=O) groups is 1. The molecule has 41 heavy (non-hydrogen) atoms. The smallest absolute Gasteiger partial charge is 0.262 e. The van der Waals surface area contributed by atoms with Crippen molar-refractivity contribution in [2.75, 3.05) is 44.0 Å². The fourth-order valence-electron chi connectivity index (χ4n) is 5.64.